The van der Waals surface area contributed by atoms with E-state index in [1.54, 1.807) is 6.92 Å². The molecule has 0 aromatic heterocycles. The molecule has 0 N–H and O–H groups in total. The SMILES string of the molecule is C=C(C)C(=O)OCCOC(=O)C[S+](CC)CC. The lowest BCUT2D eigenvalue weighted by Gasteiger charge is -2.06. The van der Waals surface area contributed by atoms with Gasteiger partial charge in [-0.05, 0) is 31.7 Å². The van der Waals surface area contributed by atoms with Crippen molar-refractivity contribution in [2.45, 2.75) is 20.8 Å². The first-order valence-corrected chi connectivity index (χ1v) is 7.36. The van der Waals surface area contributed by atoms with Crippen molar-refractivity contribution >= 4 is 22.8 Å². The normalized spacial score (nSPS) is 10.1. The van der Waals surface area contributed by atoms with Gasteiger partial charge in [-0.15, -0.1) is 0 Å². The maximum Gasteiger partial charge on any atom is 0.356 e. The molecule has 0 aliphatic rings. The van der Waals surface area contributed by atoms with E-state index in [0.29, 0.717) is 11.3 Å². The Morgan fingerprint density at radius 2 is 1.65 bits per heavy atom. The predicted octanol–water partition coefficient (Wildman–Crippen LogP) is 1.31. The molecule has 0 aromatic rings. The second-order valence-corrected chi connectivity index (χ2v) is 6.14. The molecule has 0 heterocycles. The van der Waals surface area contributed by atoms with E-state index in [1.165, 1.54) is 0 Å². The zero-order chi connectivity index (χ0) is 13.3. The van der Waals surface area contributed by atoms with Crippen molar-refractivity contribution < 1.29 is 19.1 Å². The average Bonchev–Trinajstić information content (AvgIpc) is 2.31. The van der Waals surface area contributed by atoms with E-state index in [1.807, 2.05) is 0 Å². The summed E-state index contributed by atoms with van der Waals surface area (Å²) in [6, 6.07) is 0. The topological polar surface area (TPSA) is 52.6 Å². The van der Waals surface area contributed by atoms with E-state index in [9.17, 15) is 9.59 Å². The number of esters is 2. The summed E-state index contributed by atoms with van der Waals surface area (Å²) in [5, 5.41) is 0. The van der Waals surface area contributed by atoms with Gasteiger partial charge in [0, 0.05) is 5.57 Å². The molecule has 0 aliphatic heterocycles. The van der Waals surface area contributed by atoms with Crippen LogP contribution in [0.2, 0.25) is 0 Å². The van der Waals surface area contributed by atoms with Gasteiger partial charge in [-0.2, -0.15) is 0 Å². The van der Waals surface area contributed by atoms with Crippen LogP contribution in [0.25, 0.3) is 0 Å². The lowest BCUT2D eigenvalue weighted by molar-refractivity contribution is -0.148. The Morgan fingerprint density at radius 3 is 2.12 bits per heavy atom. The first-order chi connectivity index (χ1) is 8.01. The number of hydrogen-bond donors (Lipinski definition) is 0. The summed E-state index contributed by atoms with van der Waals surface area (Å²) >= 11 is 0. The number of hydrogen-bond acceptors (Lipinski definition) is 4. The van der Waals surface area contributed by atoms with Crippen molar-refractivity contribution in [3.8, 4) is 0 Å². The summed E-state index contributed by atoms with van der Waals surface area (Å²) in [6.45, 7) is 9.35. The molecule has 0 bridgehead atoms. The summed E-state index contributed by atoms with van der Waals surface area (Å²) < 4.78 is 9.77. The van der Waals surface area contributed by atoms with Crippen LogP contribution in [0.3, 0.4) is 0 Å². The smallest absolute Gasteiger partial charge is 0.356 e. The van der Waals surface area contributed by atoms with Gasteiger partial charge in [0.1, 0.15) is 24.7 Å². The van der Waals surface area contributed by atoms with E-state index in [4.69, 9.17) is 9.47 Å². The highest BCUT2D eigenvalue weighted by Crippen LogP contribution is 1.98. The minimum Gasteiger partial charge on any atom is -0.459 e. The van der Waals surface area contributed by atoms with Crippen molar-refractivity contribution in [3.63, 3.8) is 0 Å². The highest BCUT2D eigenvalue weighted by Gasteiger charge is 2.19. The summed E-state index contributed by atoms with van der Waals surface area (Å²) in [5.41, 5.74) is 0.342. The van der Waals surface area contributed by atoms with Gasteiger partial charge < -0.3 is 9.47 Å². The maximum atomic E-state index is 11.4. The molecule has 0 fully saturated rings. The van der Waals surface area contributed by atoms with Crippen LogP contribution in [0.1, 0.15) is 20.8 Å². The van der Waals surface area contributed by atoms with Gasteiger partial charge in [-0.3, -0.25) is 0 Å². The fraction of sp³-hybridized carbons (Fsp3) is 0.667. The fourth-order valence-electron chi connectivity index (χ4n) is 1.03. The lowest BCUT2D eigenvalue weighted by Crippen LogP contribution is -2.23. The molecule has 0 aromatic carbocycles. The molecular formula is C12H21O4S+. The molecule has 0 saturated heterocycles. The maximum absolute atomic E-state index is 11.4. The highest BCUT2D eigenvalue weighted by atomic mass is 32.2. The first-order valence-electron chi connectivity index (χ1n) is 5.63. The summed E-state index contributed by atoms with van der Waals surface area (Å²) in [6.07, 6.45) is 0. The van der Waals surface area contributed by atoms with Crippen molar-refractivity contribution in [2.75, 3.05) is 30.5 Å². The first kappa shape index (κ1) is 16.0. The highest BCUT2D eigenvalue weighted by molar-refractivity contribution is 7.97. The minimum absolute atomic E-state index is 0.0868. The minimum atomic E-state index is -0.456. The Balaban J connectivity index is 3.65. The zero-order valence-corrected chi connectivity index (χ0v) is 11.6. The van der Waals surface area contributed by atoms with Crippen LogP contribution >= 0.6 is 0 Å². The molecule has 0 saturated carbocycles. The van der Waals surface area contributed by atoms with Crippen molar-refractivity contribution in [3.05, 3.63) is 12.2 Å². The van der Waals surface area contributed by atoms with Crippen molar-refractivity contribution in [2.24, 2.45) is 0 Å². The van der Waals surface area contributed by atoms with E-state index in [2.05, 4.69) is 20.4 Å². The van der Waals surface area contributed by atoms with E-state index >= 15 is 0 Å². The number of ether oxygens (including phenoxy) is 2. The van der Waals surface area contributed by atoms with Crippen LogP contribution in [0.4, 0.5) is 0 Å². The summed E-state index contributed by atoms with van der Waals surface area (Å²) in [5.74, 6) is 1.78. The van der Waals surface area contributed by atoms with Gasteiger partial charge in [0.05, 0.1) is 0 Å². The standard InChI is InChI=1S/C12H21O4S/c1-5-17(6-2)9-11(13)15-7-8-16-12(14)10(3)4/h3,5-9H2,1-2,4H3/q+1. The Kier molecular flexibility index (Phi) is 8.58. The van der Waals surface area contributed by atoms with Gasteiger partial charge in [-0.1, -0.05) is 6.58 Å². The molecule has 0 atom stereocenters. The molecule has 5 heteroatoms. The summed E-state index contributed by atoms with van der Waals surface area (Å²) in [7, 11) is 0.114. The van der Waals surface area contributed by atoms with Gasteiger partial charge in [0.2, 0.25) is 5.75 Å². The number of carbonyl (C=O) groups is 2. The molecule has 0 rings (SSSR count). The van der Waals surface area contributed by atoms with Crippen LogP contribution in [0.15, 0.2) is 12.2 Å². The molecule has 17 heavy (non-hydrogen) atoms. The largest absolute Gasteiger partial charge is 0.459 e. The Labute approximate surface area is 106 Å². The van der Waals surface area contributed by atoms with Gasteiger partial charge >= 0.3 is 11.9 Å². The van der Waals surface area contributed by atoms with Crippen LogP contribution in [-0.2, 0) is 30.0 Å². The quantitative estimate of drug-likeness (QED) is 0.286. The number of carbonyl (C=O) groups excluding carboxylic acids is 2. The third kappa shape index (κ3) is 7.85. The molecule has 0 radical (unpaired) electrons. The van der Waals surface area contributed by atoms with E-state index in [0.717, 1.165) is 11.5 Å². The van der Waals surface area contributed by atoms with Crippen LogP contribution in [0.5, 0.6) is 0 Å². The Hall–Kier alpha value is -0.970. The second kappa shape index (κ2) is 9.10. The lowest BCUT2D eigenvalue weighted by atomic mass is 10.4. The number of rotatable bonds is 8. The molecule has 0 aliphatic carbocycles. The molecule has 0 amide bonds. The van der Waals surface area contributed by atoms with E-state index in [-0.39, 0.29) is 30.1 Å². The third-order valence-corrected chi connectivity index (χ3v) is 4.34. The van der Waals surface area contributed by atoms with Crippen LogP contribution in [0, 0.1) is 0 Å². The Bertz CT molecular complexity index is 272. The second-order valence-electron chi connectivity index (χ2n) is 3.47. The van der Waals surface area contributed by atoms with Crippen LogP contribution in [-0.4, -0.2) is 42.4 Å². The third-order valence-electron chi connectivity index (χ3n) is 2.07. The predicted molar refractivity (Wildman–Crippen MR) is 70.0 cm³/mol. The van der Waals surface area contributed by atoms with Gasteiger partial charge in [0.25, 0.3) is 0 Å². The molecular weight excluding hydrogens is 240 g/mol. The van der Waals surface area contributed by atoms with Crippen molar-refractivity contribution in [1.29, 1.82) is 0 Å². The summed E-state index contributed by atoms with van der Waals surface area (Å²) in [4.78, 5) is 22.4. The molecule has 0 spiro atoms. The monoisotopic (exact) mass is 261 g/mol. The Morgan fingerprint density at radius 1 is 1.12 bits per heavy atom. The molecule has 4 nitrogen and oxygen atoms in total. The average molecular weight is 261 g/mol. The fourth-order valence-corrected chi connectivity index (χ4v) is 2.26. The van der Waals surface area contributed by atoms with E-state index < -0.39 is 5.97 Å². The van der Waals surface area contributed by atoms with Crippen molar-refractivity contribution in [1.82, 2.24) is 0 Å². The van der Waals surface area contributed by atoms with Gasteiger partial charge in [-0.25, -0.2) is 9.59 Å². The molecule has 0 unspecified atom stereocenters. The zero-order valence-electron chi connectivity index (χ0n) is 10.8. The molecule has 98 valence electrons. The van der Waals surface area contributed by atoms with Gasteiger partial charge in [0.15, 0.2) is 0 Å². The van der Waals surface area contributed by atoms with Crippen LogP contribution < -0.4 is 0 Å².